The molecule has 1 aliphatic rings. The molecule has 1 unspecified atom stereocenters. The maximum Gasteiger partial charge on any atom is 0.264 e. The van der Waals surface area contributed by atoms with Crippen molar-refractivity contribution in [2.45, 2.75) is 13.0 Å². The molecule has 1 aliphatic heterocycles. The lowest BCUT2D eigenvalue weighted by Crippen LogP contribution is -2.49. The van der Waals surface area contributed by atoms with E-state index in [1.54, 1.807) is 18.4 Å². The summed E-state index contributed by atoms with van der Waals surface area (Å²) in [7, 11) is 1.63. The first-order valence-electron chi connectivity index (χ1n) is 9.67. The van der Waals surface area contributed by atoms with Crippen LogP contribution in [-0.2, 0) is 0 Å². The molecule has 3 aromatic rings. The minimum atomic E-state index is -0.316. The SMILES string of the molecule is COc1ccc(C(C#N)N2CCN(C(=O)c3sc4ccccc4c3C)CC2)cc1. The van der Waals surface area contributed by atoms with Crippen molar-refractivity contribution in [1.29, 1.82) is 5.26 Å². The van der Waals surface area contributed by atoms with E-state index >= 15 is 0 Å². The Hall–Kier alpha value is -2.88. The summed E-state index contributed by atoms with van der Waals surface area (Å²) in [6.45, 7) is 4.64. The van der Waals surface area contributed by atoms with E-state index in [1.165, 1.54) is 0 Å². The molecule has 0 spiro atoms. The van der Waals surface area contributed by atoms with Crippen LogP contribution in [0, 0.1) is 18.3 Å². The normalized spacial score (nSPS) is 15.8. The summed E-state index contributed by atoms with van der Waals surface area (Å²) in [6.07, 6.45) is 0. The van der Waals surface area contributed by atoms with Gasteiger partial charge in [0.25, 0.3) is 5.91 Å². The highest BCUT2D eigenvalue weighted by Crippen LogP contribution is 2.32. The first kappa shape index (κ1) is 19.4. The number of hydrogen-bond acceptors (Lipinski definition) is 5. The van der Waals surface area contributed by atoms with Crippen molar-refractivity contribution < 1.29 is 9.53 Å². The lowest BCUT2D eigenvalue weighted by Gasteiger charge is -2.37. The zero-order valence-corrected chi connectivity index (χ0v) is 17.4. The molecular weight excluding hydrogens is 382 g/mol. The van der Waals surface area contributed by atoms with Gasteiger partial charge in [-0.3, -0.25) is 9.69 Å². The molecule has 1 saturated heterocycles. The van der Waals surface area contributed by atoms with Gasteiger partial charge < -0.3 is 9.64 Å². The van der Waals surface area contributed by atoms with Crippen LogP contribution in [0.25, 0.3) is 10.1 Å². The van der Waals surface area contributed by atoms with Crippen molar-refractivity contribution in [3.05, 3.63) is 64.5 Å². The second kappa shape index (κ2) is 8.24. The highest BCUT2D eigenvalue weighted by molar-refractivity contribution is 7.21. The fourth-order valence-corrected chi connectivity index (χ4v) is 5.04. The van der Waals surface area contributed by atoms with Gasteiger partial charge in [-0.2, -0.15) is 5.26 Å². The van der Waals surface area contributed by atoms with Crippen LogP contribution in [0.5, 0.6) is 5.75 Å². The minimum absolute atomic E-state index is 0.0984. The number of rotatable bonds is 4. The number of nitrogens with zero attached hydrogens (tertiary/aromatic N) is 3. The van der Waals surface area contributed by atoms with E-state index in [1.807, 2.05) is 48.2 Å². The fourth-order valence-electron chi connectivity index (χ4n) is 3.86. The van der Waals surface area contributed by atoms with Gasteiger partial charge in [-0.25, -0.2) is 0 Å². The lowest BCUT2D eigenvalue weighted by atomic mass is 10.1. The van der Waals surface area contributed by atoms with Crippen LogP contribution in [-0.4, -0.2) is 49.0 Å². The van der Waals surface area contributed by atoms with Crippen LogP contribution in [0.15, 0.2) is 48.5 Å². The smallest absolute Gasteiger partial charge is 0.264 e. The van der Waals surface area contributed by atoms with E-state index in [4.69, 9.17) is 4.74 Å². The van der Waals surface area contributed by atoms with Crippen LogP contribution in [0.2, 0.25) is 0 Å². The third-order valence-electron chi connectivity index (χ3n) is 5.56. The molecule has 1 atom stereocenters. The van der Waals surface area contributed by atoms with Gasteiger partial charge >= 0.3 is 0 Å². The lowest BCUT2D eigenvalue weighted by molar-refractivity contribution is 0.0610. The fraction of sp³-hybridized carbons (Fsp3) is 0.304. The van der Waals surface area contributed by atoms with Gasteiger partial charge in [0, 0.05) is 30.9 Å². The number of fused-ring (bicyclic) bond motifs is 1. The molecule has 1 fully saturated rings. The molecule has 0 N–H and O–H groups in total. The molecule has 6 heteroatoms. The molecule has 148 valence electrons. The summed E-state index contributed by atoms with van der Waals surface area (Å²) in [5.41, 5.74) is 2.01. The Balaban J connectivity index is 1.46. The molecule has 1 amide bonds. The average molecular weight is 406 g/mol. The zero-order chi connectivity index (χ0) is 20.4. The summed E-state index contributed by atoms with van der Waals surface area (Å²) >= 11 is 1.57. The molecule has 1 aromatic heterocycles. The molecule has 0 saturated carbocycles. The predicted molar refractivity (Wildman–Crippen MR) is 115 cm³/mol. The van der Waals surface area contributed by atoms with Crippen molar-refractivity contribution in [1.82, 2.24) is 9.80 Å². The summed E-state index contributed by atoms with van der Waals surface area (Å²) in [4.78, 5) is 18.0. The van der Waals surface area contributed by atoms with Crippen molar-refractivity contribution in [2.24, 2.45) is 0 Å². The molecule has 0 bridgehead atoms. The van der Waals surface area contributed by atoms with Gasteiger partial charge in [0.1, 0.15) is 11.8 Å². The maximum absolute atomic E-state index is 13.1. The number of carbonyl (C=O) groups is 1. The number of amides is 1. The van der Waals surface area contributed by atoms with E-state index in [0.717, 1.165) is 31.8 Å². The number of benzene rings is 2. The Morgan fingerprint density at radius 2 is 1.79 bits per heavy atom. The van der Waals surface area contributed by atoms with Crippen LogP contribution in [0.1, 0.15) is 26.8 Å². The van der Waals surface area contributed by atoms with Gasteiger partial charge in [-0.1, -0.05) is 30.3 Å². The van der Waals surface area contributed by atoms with Crippen molar-refractivity contribution in [3.63, 3.8) is 0 Å². The number of hydrogen-bond donors (Lipinski definition) is 0. The Morgan fingerprint density at radius 3 is 2.41 bits per heavy atom. The third-order valence-corrected chi connectivity index (χ3v) is 6.82. The number of methoxy groups -OCH3 is 1. The molecular formula is C23H23N3O2S. The highest BCUT2D eigenvalue weighted by Gasteiger charge is 2.29. The second-order valence-corrected chi connectivity index (χ2v) is 8.24. The largest absolute Gasteiger partial charge is 0.497 e. The number of carbonyl (C=O) groups excluding carboxylic acids is 1. The molecule has 5 nitrogen and oxygen atoms in total. The molecule has 2 aromatic carbocycles. The second-order valence-electron chi connectivity index (χ2n) is 7.19. The highest BCUT2D eigenvalue weighted by atomic mass is 32.1. The van der Waals surface area contributed by atoms with E-state index in [0.29, 0.717) is 26.2 Å². The summed E-state index contributed by atoms with van der Waals surface area (Å²) < 4.78 is 6.35. The van der Waals surface area contributed by atoms with E-state index in [-0.39, 0.29) is 11.9 Å². The summed E-state index contributed by atoms with van der Waals surface area (Å²) in [5.74, 6) is 0.876. The number of nitriles is 1. The van der Waals surface area contributed by atoms with Gasteiger partial charge in [0.05, 0.1) is 18.1 Å². The maximum atomic E-state index is 13.1. The predicted octanol–water partition coefficient (Wildman–Crippen LogP) is 4.24. The molecule has 29 heavy (non-hydrogen) atoms. The molecule has 0 aliphatic carbocycles. The first-order chi connectivity index (χ1) is 14.1. The zero-order valence-electron chi connectivity index (χ0n) is 16.6. The van der Waals surface area contributed by atoms with Crippen molar-refractivity contribution in [2.75, 3.05) is 33.3 Å². The van der Waals surface area contributed by atoms with Gasteiger partial charge in [0.2, 0.25) is 0 Å². The van der Waals surface area contributed by atoms with Gasteiger partial charge in [-0.05, 0) is 41.6 Å². The summed E-state index contributed by atoms with van der Waals surface area (Å²) in [5, 5.41) is 10.9. The Morgan fingerprint density at radius 1 is 1.10 bits per heavy atom. The van der Waals surface area contributed by atoms with E-state index in [9.17, 15) is 10.1 Å². The van der Waals surface area contributed by atoms with Crippen LogP contribution in [0.3, 0.4) is 0 Å². The quantitative estimate of drug-likeness (QED) is 0.651. The number of piperazine rings is 1. The van der Waals surface area contributed by atoms with Gasteiger partial charge in [0.15, 0.2) is 0 Å². The average Bonchev–Trinajstić information content (AvgIpc) is 3.11. The number of thiophene rings is 1. The topological polar surface area (TPSA) is 56.6 Å². The van der Waals surface area contributed by atoms with E-state index < -0.39 is 0 Å². The Kier molecular flexibility index (Phi) is 5.52. The minimum Gasteiger partial charge on any atom is -0.497 e. The Bertz CT molecular complexity index is 1060. The molecule has 0 radical (unpaired) electrons. The van der Waals surface area contributed by atoms with Crippen LogP contribution < -0.4 is 4.74 Å². The van der Waals surface area contributed by atoms with Gasteiger partial charge in [-0.15, -0.1) is 11.3 Å². The summed E-state index contributed by atoms with van der Waals surface area (Å²) in [6, 6.07) is 17.9. The van der Waals surface area contributed by atoms with Crippen molar-refractivity contribution >= 4 is 27.3 Å². The van der Waals surface area contributed by atoms with Crippen LogP contribution >= 0.6 is 11.3 Å². The number of ether oxygens (including phenoxy) is 1. The number of aryl methyl sites for hydroxylation is 1. The van der Waals surface area contributed by atoms with Crippen LogP contribution in [0.4, 0.5) is 0 Å². The molecule has 2 heterocycles. The van der Waals surface area contributed by atoms with E-state index in [2.05, 4.69) is 23.1 Å². The monoisotopic (exact) mass is 405 g/mol. The first-order valence-corrected chi connectivity index (χ1v) is 10.5. The standard InChI is InChI=1S/C23H23N3O2S/c1-16-19-5-3-4-6-21(19)29-22(16)23(27)26-13-11-25(12-14-26)20(15-24)17-7-9-18(28-2)10-8-17/h3-10,20H,11-14H2,1-2H3. The molecule has 4 rings (SSSR count). The Labute approximate surface area is 174 Å². The third kappa shape index (κ3) is 3.71. The van der Waals surface area contributed by atoms with Crippen molar-refractivity contribution in [3.8, 4) is 11.8 Å².